The Morgan fingerprint density at radius 3 is 2.50 bits per heavy atom. The summed E-state index contributed by atoms with van der Waals surface area (Å²) < 4.78 is 0. The van der Waals surface area contributed by atoms with Crippen molar-refractivity contribution in [2.24, 2.45) is 0 Å². The lowest BCUT2D eigenvalue weighted by atomic mass is 9.79. The predicted octanol–water partition coefficient (Wildman–Crippen LogP) is -0.696. The maximum absolute atomic E-state index is 8.85. The Kier molecular flexibility index (Phi) is 3.25. The minimum atomic E-state index is -1.58. The first kappa shape index (κ1) is 10.3. The van der Waals surface area contributed by atoms with Crippen molar-refractivity contribution in [3.05, 3.63) is 29.3 Å². The van der Waals surface area contributed by atoms with E-state index in [1.54, 1.807) is 6.07 Å². The quantitative estimate of drug-likeness (QED) is 0.598. The third kappa shape index (κ3) is 2.11. The molecule has 0 fully saturated rings. The van der Waals surface area contributed by atoms with Gasteiger partial charge in [0.15, 0.2) is 0 Å². The van der Waals surface area contributed by atoms with E-state index in [1.807, 2.05) is 12.1 Å². The van der Waals surface area contributed by atoms with Gasteiger partial charge >= 0.3 is 7.12 Å². The van der Waals surface area contributed by atoms with Crippen molar-refractivity contribution < 1.29 is 10.0 Å². The van der Waals surface area contributed by atoms with Gasteiger partial charge in [0, 0.05) is 0 Å². The Labute approximate surface area is 81.8 Å². The smallest absolute Gasteiger partial charge is 0.423 e. The topological polar surface area (TPSA) is 88.0 Å². The molecule has 0 saturated carbocycles. The van der Waals surface area contributed by atoms with Gasteiger partial charge in [0.1, 0.15) is 0 Å². The number of nitrogens with zero attached hydrogens (tertiary/aromatic N) is 2. The Bertz CT molecular complexity index is 418. The van der Waals surface area contributed by atoms with Crippen molar-refractivity contribution >= 4 is 12.6 Å². The number of benzene rings is 1. The number of rotatable bonds is 2. The molecule has 0 aliphatic carbocycles. The van der Waals surface area contributed by atoms with Crippen molar-refractivity contribution in [3.8, 4) is 12.1 Å². The van der Waals surface area contributed by atoms with Crippen LogP contribution in [-0.4, -0.2) is 17.2 Å². The molecule has 0 amide bonds. The first-order valence-electron chi connectivity index (χ1n) is 3.95. The van der Waals surface area contributed by atoms with Crippen molar-refractivity contribution in [3.63, 3.8) is 0 Å². The highest BCUT2D eigenvalue weighted by molar-refractivity contribution is 6.58. The van der Waals surface area contributed by atoms with E-state index in [4.69, 9.17) is 20.6 Å². The number of hydrogen-bond acceptors (Lipinski definition) is 4. The highest BCUT2D eigenvalue weighted by Crippen LogP contribution is 2.06. The largest absolute Gasteiger partial charge is 0.488 e. The SMILES string of the molecule is N#CCc1ccc(B(O)O)cc1C#N. The van der Waals surface area contributed by atoms with Crippen molar-refractivity contribution in [2.45, 2.75) is 6.42 Å². The van der Waals surface area contributed by atoms with Crippen molar-refractivity contribution in [2.75, 3.05) is 0 Å². The normalized spacial score (nSPS) is 8.86. The maximum Gasteiger partial charge on any atom is 0.488 e. The average molecular weight is 186 g/mol. The van der Waals surface area contributed by atoms with E-state index in [-0.39, 0.29) is 11.9 Å². The van der Waals surface area contributed by atoms with Gasteiger partial charge in [-0.05, 0) is 17.1 Å². The minimum Gasteiger partial charge on any atom is -0.423 e. The fourth-order valence-electron chi connectivity index (χ4n) is 1.10. The molecule has 14 heavy (non-hydrogen) atoms. The summed E-state index contributed by atoms with van der Waals surface area (Å²) in [5, 5.41) is 34.9. The van der Waals surface area contributed by atoms with Crippen LogP contribution in [0.15, 0.2) is 18.2 Å². The number of hydrogen-bond donors (Lipinski definition) is 2. The van der Waals surface area contributed by atoms with Gasteiger partial charge in [-0.25, -0.2) is 0 Å². The summed E-state index contributed by atoms with van der Waals surface area (Å²) in [7, 11) is -1.58. The molecule has 1 rings (SSSR count). The molecule has 0 atom stereocenters. The van der Waals surface area contributed by atoms with E-state index < -0.39 is 7.12 Å². The van der Waals surface area contributed by atoms with E-state index in [1.165, 1.54) is 12.1 Å². The van der Waals surface area contributed by atoms with Gasteiger partial charge in [-0.3, -0.25) is 0 Å². The maximum atomic E-state index is 8.85. The molecule has 0 bridgehead atoms. The first-order valence-corrected chi connectivity index (χ1v) is 3.95. The summed E-state index contributed by atoms with van der Waals surface area (Å²) in [4.78, 5) is 0. The van der Waals surface area contributed by atoms with Crippen LogP contribution in [0.2, 0.25) is 0 Å². The van der Waals surface area contributed by atoms with E-state index in [2.05, 4.69) is 0 Å². The zero-order valence-corrected chi connectivity index (χ0v) is 7.31. The summed E-state index contributed by atoms with van der Waals surface area (Å²) in [5.41, 5.74) is 1.15. The van der Waals surface area contributed by atoms with E-state index in [9.17, 15) is 0 Å². The summed E-state index contributed by atoms with van der Waals surface area (Å²) in [6.45, 7) is 0. The van der Waals surface area contributed by atoms with Gasteiger partial charge in [-0.2, -0.15) is 10.5 Å². The molecule has 2 N–H and O–H groups in total. The molecule has 0 heterocycles. The van der Waals surface area contributed by atoms with E-state index in [0.29, 0.717) is 11.1 Å². The second-order valence-electron chi connectivity index (χ2n) is 2.74. The second kappa shape index (κ2) is 4.43. The van der Waals surface area contributed by atoms with Crippen LogP contribution in [-0.2, 0) is 6.42 Å². The highest BCUT2D eigenvalue weighted by atomic mass is 16.4. The zero-order valence-electron chi connectivity index (χ0n) is 7.31. The van der Waals surface area contributed by atoms with E-state index in [0.717, 1.165) is 0 Å². The molecular formula is C9H7BN2O2. The van der Waals surface area contributed by atoms with Crippen LogP contribution in [0.25, 0.3) is 0 Å². The summed E-state index contributed by atoms with van der Waals surface area (Å²) in [5.74, 6) is 0. The Morgan fingerprint density at radius 1 is 1.29 bits per heavy atom. The van der Waals surface area contributed by atoms with Crippen molar-refractivity contribution in [1.29, 1.82) is 10.5 Å². The minimum absolute atomic E-state index is 0.144. The van der Waals surface area contributed by atoms with Crippen LogP contribution in [0.5, 0.6) is 0 Å². The average Bonchev–Trinajstić information content (AvgIpc) is 2.18. The molecule has 1 aromatic carbocycles. The molecule has 4 nitrogen and oxygen atoms in total. The predicted molar refractivity (Wildman–Crippen MR) is 50.3 cm³/mol. The monoisotopic (exact) mass is 186 g/mol. The van der Waals surface area contributed by atoms with Crippen molar-refractivity contribution in [1.82, 2.24) is 0 Å². The molecule has 0 unspecified atom stereocenters. The molecule has 5 heteroatoms. The fourth-order valence-corrected chi connectivity index (χ4v) is 1.10. The van der Waals surface area contributed by atoms with Gasteiger partial charge in [-0.15, -0.1) is 0 Å². The Morgan fingerprint density at radius 2 is 2.00 bits per heavy atom. The molecular weight excluding hydrogens is 179 g/mol. The van der Waals surface area contributed by atoms with Crippen LogP contribution in [0.3, 0.4) is 0 Å². The summed E-state index contributed by atoms with van der Waals surface area (Å²) in [6, 6.07) is 8.24. The molecule has 0 saturated heterocycles. The molecule has 68 valence electrons. The molecule has 1 aromatic rings. The Balaban J connectivity index is 3.15. The lowest BCUT2D eigenvalue weighted by Crippen LogP contribution is -2.30. The van der Waals surface area contributed by atoms with Crippen LogP contribution >= 0.6 is 0 Å². The standard InChI is InChI=1S/C9H7BN2O2/c11-4-3-7-1-2-9(10(13)14)5-8(7)6-12/h1-2,5,13-14H,3H2. The molecule has 0 aliphatic heterocycles. The van der Waals surface area contributed by atoms with E-state index >= 15 is 0 Å². The Hall–Kier alpha value is -1.82. The second-order valence-corrected chi connectivity index (χ2v) is 2.74. The van der Waals surface area contributed by atoms with Crippen LogP contribution < -0.4 is 5.46 Å². The van der Waals surface area contributed by atoms with Gasteiger partial charge in [-0.1, -0.05) is 12.1 Å². The lowest BCUT2D eigenvalue weighted by molar-refractivity contribution is 0.426. The van der Waals surface area contributed by atoms with Gasteiger partial charge in [0.05, 0.1) is 24.1 Å². The van der Waals surface area contributed by atoms with Gasteiger partial charge < -0.3 is 10.0 Å². The summed E-state index contributed by atoms with van der Waals surface area (Å²) in [6.07, 6.45) is 0.144. The first-order chi connectivity index (χ1) is 6.69. The lowest BCUT2D eigenvalue weighted by Gasteiger charge is -2.02. The van der Waals surface area contributed by atoms with Crippen LogP contribution in [0.1, 0.15) is 11.1 Å². The van der Waals surface area contributed by atoms with Gasteiger partial charge in [0.2, 0.25) is 0 Å². The zero-order chi connectivity index (χ0) is 10.6. The highest BCUT2D eigenvalue weighted by Gasteiger charge is 2.12. The number of nitriles is 2. The van der Waals surface area contributed by atoms with Crippen LogP contribution in [0, 0.1) is 22.7 Å². The molecule has 0 spiro atoms. The summed E-state index contributed by atoms with van der Waals surface area (Å²) >= 11 is 0. The fraction of sp³-hybridized carbons (Fsp3) is 0.111. The van der Waals surface area contributed by atoms with Gasteiger partial charge in [0.25, 0.3) is 0 Å². The molecule has 0 radical (unpaired) electrons. The third-order valence-electron chi connectivity index (χ3n) is 1.82. The molecule has 0 aliphatic rings. The third-order valence-corrected chi connectivity index (χ3v) is 1.82. The molecule has 0 aromatic heterocycles. The van der Waals surface area contributed by atoms with Crippen LogP contribution in [0.4, 0.5) is 0 Å².